The zero-order valence-electron chi connectivity index (χ0n) is 9.24. The maximum atomic E-state index is 9.23. The van der Waals surface area contributed by atoms with Crippen LogP contribution in [0.25, 0.3) is 11.3 Å². The summed E-state index contributed by atoms with van der Waals surface area (Å²) < 4.78 is 0. The predicted molar refractivity (Wildman–Crippen MR) is 70.4 cm³/mol. The SMILES string of the molecule is Cc1c(CO)ccnc1-c1cccc(Cl)c1Cl. The van der Waals surface area contributed by atoms with Gasteiger partial charge in [-0.25, -0.2) is 0 Å². The molecule has 0 fully saturated rings. The van der Waals surface area contributed by atoms with Crippen LogP contribution in [0.1, 0.15) is 11.1 Å². The molecule has 0 aliphatic heterocycles. The summed E-state index contributed by atoms with van der Waals surface area (Å²) in [7, 11) is 0. The second kappa shape index (κ2) is 5.05. The number of halogens is 2. The maximum absolute atomic E-state index is 9.23. The molecule has 0 aliphatic rings. The summed E-state index contributed by atoms with van der Waals surface area (Å²) >= 11 is 12.1. The standard InChI is InChI=1S/C13H11Cl2NO/c1-8-9(7-17)5-6-16-13(8)10-3-2-4-11(14)12(10)15/h2-6,17H,7H2,1H3. The van der Waals surface area contributed by atoms with Crippen LogP contribution in [-0.2, 0) is 6.61 Å². The molecule has 0 unspecified atom stereocenters. The van der Waals surface area contributed by atoms with Crippen LogP contribution in [-0.4, -0.2) is 10.1 Å². The number of aromatic nitrogens is 1. The summed E-state index contributed by atoms with van der Waals surface area (Å²) in [6.07, 6.45) is 1.66. The fourth-order valence-corrected chi connectivity index (χ4v) is 2.10. The minimum atomic E-state index is -0.0143. The highest BCUT2D eigenvalue weighted by atomic mass is 35.5. The van der Waals surface area contributed by atoms with Crippen molar-refractivity contribution in [3.8, 4) is 11.3 Å². The number of aliphatic hydroxyl groups excluding tert-OH is 1. The van der Waals surface area contributed by atoms with Crippen LogP contribution in [0.5, 0.6) is 0 Å². The summed E-state index contributed by atoms with van der Waals surface area (Å²) in [5.74, 6) is 0. The van der Waals surface area contributed by atoms with E-state index in [2.05, 4.69) is 4.98 Å². The minimum Gasteiger partial charge on any atom is -0.392 e. The topological polar surface area (TPSA) is 33.1 Å². The number of nitrogens with zero attached hydrogens (tertiary/aromatic N) is 1. The molecule has 0 amide bonds. The lowest BCUT2D eigenvalue weighted by atomic mass is 10.0. The van der Waals surface area contributed by atoms with Crippen molar-refractivity contribution in [1.29, 1.82) is 0 Å². The third kappa shape index (κ3) is 2.29. The van der Waals surface area contributed by atoms with E-state index in [1.807, 2.05) is 19.1 Å². The average Bonchev–Trinajstić information content (AvgIpc) is 2.33. The van der Waals surface area contributed by atoms with Gasteiger partial charge in [0.25, 0.3) is 0 Å². The summed E-state index contributed by atoms with van der Waals surface area (Å²) in [5.41, 5.74) is 3.29. The first-order valence-corrected chi connectivity index (χ1v) is 5.90. The molecule has 2 nitrogen and oxygen atoms in total. The van der Waals surface area contributed by atoms with Crippen molar-refractivity contribution in [2.45, 2.75) is 13.5 Å². The van der Waals surface area contributed by atoms with Crippen LogP contribution >= 0.6 is 23.2 Å². The van der Waals surface area contributed by atoms with Crippen molar-refractivity contribution in [1.82, 2.24) is 4.98 Å². The molecule has 0 atom stereocenters. The number of benzene rings is 1. The van der Waals surface area contributed by atoms with Gasteiger partial charge < -0.3 is 5.11 Å². The number of hydrogen-bond donors (Lipinski definition) is 1. The predicted octanol–water partition coefficient (Wildman–Crippen LogP) is 3.86. The van der Waals surface area contributed by atoms with E-state index in [1.165, 1.54) is 0 Å². The third-order valence-corrected chi connectivity index (χ3v) is 3.51. The molecular weight excluding hydrogens is 257 g/mol. The minimum absolute atomic E-state index is 0.0143. The van der Waals surface area contributed by atoms with Crippen molar-refractivity contribution in [2.24, 2.45) is 0 Å². The number of hydrogen-bond acceptors (Lipinski definition) is 2. The summed E-state index contributed by atoms with van der Waals surface area (Å²) in [5, 5.41) is 10.2. The second-order valence-electron chi connectivity index (χ2n) is 3.70. The lowest BCUT2D eigenvalue weighted by Crippen LogP contribution is -1.95. The molecule has 1 aromatic carbocycles. The Hall–Kier alpha value is -1.09. The first kappa shape index (κ1) is 12.4. The Kier molecular flexibility index (Phi) is 3.67. The molecule has 17 heavy (non-hydrogen) atoms. The smallest absolute Gasteiger partial charge is 0.0750 e. The Bertz CT molecular complexity index is 555. The molecule has 4 heteroatoms. The van der Waals surface area contributed by atoms with Gasteiger partial charge in [0.05, 0.1) is 22.3 Å². The number of pyridine rings is 1. The van der Waals surface area contributed by atoms with Crippen LogP contribution in [0.15, 0.2) is 30.5 Å². The fraction of sp³-hybridized carbons (Fsp3) is 0.154. The molecule has 1 N–H and O–H groups in total. The lowest BCUT2D eigenvalue weighted by molar-refractivity contribution is 0.281. The van der Waals surface area contributed by atoms with Gasteiger partial charge in [0.1, 0.15) is 0 Å². The average molecular weight is 268 g/mol. The molecule has 2 aromatic rings. The molecule has 0 radical (unpaired) electrons. The zero-order chi connectivity index (χ0) is 12.4. The molecule has 0 spiro atoms. The van der Waals surface area contributed by atoms with Crippen LogP contribution in [0.3, 0.4) is 0 Å². The summed E-state index contributed by atoms with van der Waals surface area (Å²) in [6.45, 7) is 1.89. The van der Waals surface area contributed by atoms with E-state index in [0.29, 0.717) is 10.0 Å². The van der Waals surface area contributed by atoms with E-state index < -0.39 is 0 Å². The summed E-state index contributed by atoms with van der Waals surface area (Å²) in [4.78, 5) is 4.30. The molecule has 0 saturated carbocycles. The van der Waals surface area contributed by atoms with Crippen molar-refractivity contribution in [3.63, 3.8) is 0 Å². The maximum Gasteiger partial charge on any atom is 0.0750 e. The van der Waals surface area contributed by atoms with E-state index in [4.69, 9.17) is 23.2 Å². The van der Waals surface area contributed by atoms with Gasteiger partial charge in [0.15, 0.2) is 0 Å². The first-order valence-electron chi connectivity index (χ1n) is 5.15. The Morgan fingerprint density at radius 3 is 2.71 bits per heavy atom. The highest BCUT2D eigenvalue weighted by Gasteiger charge is 2.12. The van der Waals surface area contributed by atoms with Gasteiger partial charge >= 0.3 is 0 Å². The summed E-state index contributed by atoms with van der Waals surface area (Å²) in [6, 6.07) is 7.22. The van der Waals surface area contributed by atoms with E-state index in [1.54, 1.807) is 18.3 Å². The Morgan fingerprint density at radius 1 is 1.24 bits per heavy atom. The molecule has 0 saturated heterocycles. The zero-order valence-corrected chi connectivity index (χ0v) is 10.8. The van der Waals surface area contributed by atoms with Gasteiger partial charge in [-0.1, -0.05) is 35.3 Å². The molecule has 0 aliphatic carbocycles. The van der Waals surface area contributed by atoms with Gasteiger partial charge in [0, 0.05) is 11.8 Å². The normalized spacial score (nSPS) is 10.6. The third-order valence-electron chi connectivity index (χ3n) is 2.69. The molecule has 88 valence electrons. The highest BCUT2D eigenvalue weighted by Crippen LogP contribution is 2.34. The van der Waals surface area contributed by atoms with Crippen LogP contribution < -0.4 is 0 Å². The molecule has 0 bridgehead atoms. The quantitative estimate of drug-likeness (QED) is 0.897. The van der Waals surface area contributed by atoms with Crippen LogP contribution in [0.2, 0.25) is 10.0 Å². The molecule has 1 heterocycles. The molecule has 1 aromatic heterocycles. The largest absolute Gasteiger partial charge is 0.392 e. The van der Waals surface area contributed by atoms with E-state index in [9.17, 15) is 5.11 Å². The van der Waals surface area contributed by atoms with E-state index in [-0.39, 0.29) is 6.61 Å². The van der Waals surface area contributed by atoms with Gasteiger partial charge in [0.2, 0.25) is 0 Å². The Labute approximate surface area is 110 Å². The van der Waals surface area contributed by atoms with Gasteiger partial charge in [-0.05, 0) is 30.2 Å². The Morgan fingerprint density at radius 2 is 2.00 bits per heavy atom. The highest BCUT2D eigenvalue weighted by molar-refractivity contribution is 6.43. The molecular formula is C13H11Cl2NO. The van der Waals surface area contributed by atoms with E-state index in [0.717, 1.165) is 22.4 Å². The number of rotatable bonds is 2. The van der Waals surface area contributed by atoms with Crippen LogP contribution in [0.4, 0.5) is 0 Å². The lowest BCUT2D eigenvalue weighted by Gasteiger charge is -2.10. The Balaban J connectivity index is 2.65. The van der Waals surface area contributed by atoms with Gasteiger partial charge in [-0.2, -0.15) is 0 Å². The van der Waals surface area contributed by atoms with Crippen molar-refractivity contribution < 1.29 is 5.11 Å². The van der Waals surface area contributed by atoms with Crippen molar-refractivity contribution in [2.75, 3.05) is 0 Å². The van der Waals surface area contributed by atoms with Crippen molar-refractivity contribution >= 4 is 23.2 Å². The van der Waals surface area contributed by atoms with Gasteiger partial charge in [-0.3, -0.25) is 4.98 Å². The number of aliphatic hydroxyl groups is 1. The monoisotopic (exact) mass is 267 g/mol. The van der Waals surface area contributed by atoms with Gasteiger partial charge in [-0.15, -0.1) is 0 Å². The fourth-order valence-electron chi connectivity index (χ4n) is 1.71. The van der Waals surface area contributed by atoms with Crippen LogP contribution in [0, 0.1) is 6.92 Å². The van der Waals surface area contributed by atoms with E-state index >= 15 is 0 Å². The first-order chi connectivity index (χ1) is 8.15. The second-order valence-corrected chi connectivity index (χ2v) is 4.49. The molecule has 2 rings (SSSR count). The van der Waals surface area contributed by atoms with Crippen molar-refractivity contribution in [3.05, 3.63) is 51.6 Å².